The van der Waals surface area contributed by atoms with Gasteiger partial charge >= 0.3 is 0 Å². The molecule has 7 nitrogen and oxygen atoms in total. The van der Waals surface area contributed by atoms with Gasteiger partial charge in [-0.1, -0.05) is 17.3 Å². The highest BCUT2D eigenvalue weighted by atomic mass is 32.1. The summed E-state index contributed by atoms with van der Waals surface area (Å²) in [6.45, 7) is 7.92. The molecule has 0 bridgehead atoms. The zero-order valence-electron chi connectivity index (χ0n) is 17.9. The van der Waals surface area contributed by atoms with Gasteiger partial charge in [-0.25, -0.2) is 0 Å². The monoisotopic (exact) mass is 439 g/mol. The van der Waals surface area contributed by atoms with E-state index in [0.29, 0.717) is 37.5 Å². The van der Waals surface area contributed by atoms with Crippen LogP contribution in [0.5, 0.6) is 5.75 Å². The van der Waals surface area contributed by atoms with Gasteiger partial charge < -0.3 is 19.1 Å². The van der Waals surface area contributed by atoms with Crippen LogP contribution >= 0.6 is 11.3 Å². The second kappa shape index (κ2) is 8.93. The van der Waals surface area contributed by atoms with Crippen LogP contribution in [0.2, 0.25) is 0 Å². The van der Waals surface area contributed by atoms with Crippen molar-refractivity contribution < 1.29 is 18.8 Å². The number of nitrogens with zero attached hydrogens (tertiary/aromatic N) is 3. The van der Waals surface area contributed by atoms with Gasteiger partial charge in [-0.2, -0.15) is 0 Å². The van der Waals surface area contributed by atoms with Crippen molar-refractivity contribution in [3.63, 3.8) is 0 Å². The summed E-state index contributed by atoms with van der Waals surface area (Å²) in [6, 6.07) is 9.69. The Morgan fingerprint density at radius 3 is 2.29 bits per heavy atom. The average Bonchev–Trinajstić information content (AvgIpc) is 3.41. The number of thiophene rings is 1. The van der Waals surface area contributed by atoms with Crippen LogP contribution in [-0.4, -0.2) is 52.9 Å². The van der Waals surface area contributed by atoms with Crippen molar-refractivity contribution in [3.8, 4) is 5.75 Å². The number of amides is 2. The molecule has 162 valence electrons. The summed E-state index contributed by atoms with van der Waals surface area (Å²) < 4.78 is 11.2. The third-order valence-electron chi connectivity index (χ3n) is 5.35. The van der Waals surface area contributed by atoms with Gasteiger partial charge in [0.15, 0.2) is 5.69 Å². The topological polar surface area (TPSA) is 75.9 Å². The van der Waals surface area contributed by atoms with E-state index in [9.17, 15) is 9.59 Å². The molecule has 0 radical (unpaired) electrons. The molecule has 8 heteroatoms. The van der Waals surface area contributed by atoms with Crippen molar-refractivity contribution in [2.24, 2.45) is 0 Å². The zero-order valence-corrected chi connectivity index (χ0v) is 18.7. The van der Waals surface area contributed by atoms with Crippen molar-refractivity contribution in [2.45, 2.75) is 27.4 Å². The summed E-state index contributed by atoms with van der Waals surface area (Å²) in [5.41, 5.74) is 3.16. The van der Waals surface area contributed by atoms with Gasteiger partial charge in [0, 0.05) is 26.2 Å². The van der Waals surface area contributed by atoms with Crippen LogP contribution in [0.25, 0.3) is 0 Å². The Labute approximate surface area is 185 Å². The van der Waals surface area contributed by atoms with Crippen LogP contribution in [0.4, 0.5) is 0 Å². The molecule has 1 aromatic carbocycles. The third-order valence-corrected chi connectivity index (χ3v) is 6.21. The number of aryl methyl sites for hydroxylation is 3. The molecule has 1 saturated heterocycles. The fourth-order valence-corrected chi connectivity index (χ4v) is 4.41. The Hall–Kier alpha value is -3.13. The highest BCUT2D eigenvalue weighted by Crippen LogP contribution is 2.22. The second-order valence-electron chi connectivity index (χ2n) is 7.74. The summed E-state index contributed by atoms with van der Waals surface area (Å²) in [4.78, 5) is 29.9. The Bertz CT molecular complexity index is 1060. The van der Waals surface area contributed by atoms with E-state index in [2.05, 4.69) is 11.2 Å². The standard InChI is InChI=1S/C23H25N3O4S/c1-15-11-16(2)13-18(12-15)29-14-19-17(3)30-24-21(19)23(28)26-8-6-25(7-9-26)22(27)20-5-4-10-31-20/h4-5,10-13H,6-9,14H2,1-3H3. The molecule has 0 saturated carbocycles. The minimum Gasteiger partial charge on any atom is -0.489 e. The Morgan fingerprint density at radius 1 is 1.03 bits per heavy atom. The van der Waals surface area contributed by atoms with E-state index in [0.717, 1.165) is 21.8 Å². The van der Waals surface area contributed by atoms with E-state index in [1.807, 2.05) is 43.5 Å². The molecule has 2 aromatic heterocycles. The molecule has 0 spiro atoms. The number of ether oxygens (including phenoxy) is 1. The number of piperazine rings is 1. The Kier molecular flexibility index (Phi) is 6.08. The van der Waals surface area contributed by atoms with Crippen LogP contribution in [0.15, 0.2) is 40.2 Å². The lowest BCUT2D eigenvalue weighted by molar-refractivity contribution is 0.0531. The van der Waals surface area contributed by atoms with Gasteiger partial charge in [-0.15, -0.1) is 11.3 Å². The maximum Gasteiger partial charge on any atom is 0.276 e. The minimum absolute atomic E-state index is 0.0157. The van der Waals surface area contributed by atoms with Crippen molar-refractivity contribution in [1.29, 1.82) is 0 Å². The molecule has 1 fully saturated rings. The van der Waals surface area contributed by atoms with E-state index < -0.39 is 0 Å². The van der Waals surface area contributed by atoms with Crippen molar-refractivity contribution in [3.05, 3.63) is 68.7 Å². The molecule has 3 aromatic rings. The highest BCUT2D eigenvalue weighted by Gasteiger charge is 2.29. The predicted molar refractivity (Wildman–Crippen MR) is 118 cm³/mol. The number of carbonyl (C=O) groups is 2. The van der Waals surface area contributed by atoms with E-state index in [4.69, 9.17) is 9.26 Å². The molecule has 2 amide bonds. The lowest BCUT2D eigenvalue weighted by atomic mass is 10.1. The first kappa shape index (κ1) is 21.1. The molecule has 1 aliphatic heterocycles. The van der Waals surface area contributed by atoms with Crippen molar-refractivity contribution >= 4 is 23.2 Å². The number of benzene rings is 1. The molecule has 4 rings (SSSR count). The van der Waals surface area contributed by atoms with Crippen LogP contribution in [-0.2, 0) is 6.61 Å². The SMILES string of the molecule is Cc1cc(C)cc(OCc2c(C(=O)N3CCN(C(=O)c4cccs4)CC3)noc2C)c1. The summed E-state index contributed by atoms with van der Waals surface area (Å²) in [5.74, 6) is 1.14. The molecular weight excluding hydrogens is 414 g/mol. The molecule has 0 atom stereocenters. The Morgan fingerprint density at radius 2 is 1.68 bits per heavy atom. The third kappa shape index (κ3) is 4.64. The number of hydrogen-bond donors (Lipinski definition) is 0. The molecule has 3 heterocycles. The highest BCUT2D eigenvalue weighted by molar-refractivity contribution is 7.12. The number of aromatic nitrogens is 1. The normalized spacial score (nSPS) is 14.0. The minimum atomic E-state index is -0.195. The first-order valence-corrected chi connectivity index (χ1v) is 11.1. The van der Waals surface area contributed by atoms with E-state index in [1.165, 1.54) is 11.3 Å². The van der Waals surface area contributed by atoms with Gasteiger partial charge in [-0.3, -0.25) is 9.59 Å². The number of rotatable bonds is 5. The van der Waals surface area contributed by atoms with Crippen LogP contribution in [0.3, 0.4) is 0 Å². The summed E-state index contributed by atoms with van der Waals surface area (Å²) in [6.07, 6.45) is 0. The molecular formula is C23H25N3O4S. The fourth-order valence-electron chi connectivity index (χ4n) is 3.72. The quantitative estimate of drug-likeness (QED) is 0.604. The smallest absolute Gasteiger partial charge is 0.276 e. The Balaban J connectivity index is 1.41. The largest absolute Gasteiger partial charge is 0.489 e. The first-order chi connectivity index (χ1) is 14.9. The van der Waals surface area contributed by atoms with Gasteiger partial charge in [0.05, 0.1) is 10.4 Å². The van der Waals surface area contributed by atoms with Crippen molar-refractivity contribution in [1.82, 2.24) is 15.0 Å². The molecule has 0 aliphatic carbocycles. The van der Waals surface area contributed by atoms with Crippen LogP contribution < -0.4 is 4.74 Å². The zero-order chi connectivity index (χ0) is 22.0. The fraction of sp³-hybridized carbons (Fsp3) is 0.348. The molecule has 1 aliphatic rings. The summed E-state index contributed by atoms with van der Waals surface area (Å²) in [7, 11) is 0. The van der Waals surface area contributed by atoms with Crippen LogP contribution in [0.1, 0.15) is 42.6 Å². The molecule has 0 N–H and O–H groups in total. The maximum absolute atomic E-state index is 13.1. The molecule has 0 unspecified atom stereocenters. The summed E-state index contributed by atoms with van der Waals surface area (Å²) in [5, 5.41) is 5.90. The van der Waals surface area contributed by atoms with Gasteiger partial charge in [0.2, 0.25) is 0 Å². The number of carbonyl (C=O) groups excluding carboxylic acids is 2. The lowest BCUT2D eigenvalue weighted by Crippen LogP contribution is -2.50. The van der Waals surface area contributed by atoms with E-state index in [1.54, 1.807) is 16.7 Å². The predicted octanol–water partition coefficient (Wildman–Crippen LogP) is 3.84. The van der Waals surface area contributed by atoms with Crippen LogP contribution in [0, 0.1) is 20.8 Å². The average molecular weight is 440 g/mol. The van der Waals surface area contributed by atoms with E-state index in [-0.39, 0.29) is 24.1 Å². The van der Waals surface area contributed by atoms with Crippen molar-refractivity contribution in [2.75, 3.05) is 26.2 Å². The lowest BCUT2D eigenvalue weighted by Gasteiger charge is -2.34. The second-order valence-corrected chi connectivity index (χ2v) is 8.69. The van der Waals surface area contributed by atoms with Gasteiger partial charge in [0.25, 0.3) is 11.8 Å². The maximum atomic E-state index is 13.1. The number of hydrogen-bond acceptors (Lipinski definition) is 6. The molecule has 31 heavy (non-hydrogen) atoms. The van der Waals surface area contributed by atoms with Gasteiger partial charge in [-0.05, 0) is 55.5 Å². The van der Waals surface area contributed by atoms with Gasteiger partial charge in [0.1, 0.15) is 18.1 Å². The first-order valence-electron chi connectivity index (χ1n) is 10.2. The van der Waals surface area contributed by atoms with E-state index >= 15 is 0 Å². The summed E-state index contributed by atoms with van der Waals surface area (Å²) >= 11 is 1.43.